The topological polar surface area (TPSA) is 95.9 Å². The Bertz CT molecular complexity index is 1020. The highest BCUT2D eigenvalue weighted by molar-refractivity contribution is 5.85. The lowest BCUT2D eigenvalue weighted by Crippen LogP contribution is -2.47. The van der Waals surface area contributed by atoms with E-state index in [0.717, 1.165) is 24.0 Å². The van der Waals surface area contributed by atoms with Crippen LogP contribution >= 0.6 is 0 Å². The fraction of sp³-hybridized carbons (Fsp3) is 0.444. The summed E-state index contributed by atoms with van der Waals surface area (Å²) in [4.78, 5) is 38.3. The maximum absolute atomic E-state index is 12.9. The summed E-state index contributed by atoms with van der Waals surface area (Å²) in [5.74, 6) is -1.48. The van der Waals surface area contributed by atoms with Gasteiger partial charge in [-0.3, -0.25) is 4.79 Å². The van der Waals surface area contributed by atoms with Gasteiger partial charge in [0.15, 0.2) is 0 Å². The number of likely N-dealkylation sites (N-methyl/N-ethyl adjacent to an activating group) is 1. The van der Waals surface area contributed by atoms with Gasteiger partial charge in [0.25, 0.3) is 0 Å². The molecule has 2 aromatic rings. The van der Waals surface area contributed by atoms with Gasteiger partial charge in [0, 0.05) is 24.9 Å². The number of aliphatic carboxylic acids is 1. The number of fused-ring (bicyclic) bond motifs is 3. The van der Waals surface area contributed by atoms with Gasteiger partial charge in [0.1, 0.15) is 12.6 Å². The van der Waals surface area contributed by atoms with Crippen molar-refractivity contribution in [1.82, 2.24) is 10.2 Å². The average molecular weight is 465 g/mol. The predicted octanol–water partition coefficient (Wildman–Crippen LogP) is 4.41. The van der Waals surface area contributed by atoms with Gasteiger partial charge in [0.2, 0.25) is 5.91 Å². The van der Waals surface area contributed by atoms with Crippen LogP contribution in [-0.2, 0) is 14.3 Å². The zero-order chi connectivity index (χ0) is 24.2. The van der Waals surface area contributed by atoms with Crippen molar-refractivity contribution >= 4 is 18.0 Å². The molecule has 2 aliphatic carbocycles. The molecule has 0 aromatic heterocycles. The first kappa shape index (κ1) is 23.8. The summed E-state index contributed by atoms with van der Waals surface area (Å²) in [6.07, 6.45) is 2.62. The van der Waals surface area contributed by atoms with Crippen molar-refractivity contribution in [3.63, 3.8) is 0 Å². The SMILES string of the molecule is CCC(C(=O)O)N(C)C(=O)[C@@H]1CCC[C@@H](NC(=O)OCC2c3ccccc3-c3ccccc32)C1. The number of hydrogen-bond donors (Lipinski definition) is 2. The zero-order valence-electron chi connectivity index (χ0n) is 19.7. The van der Waals surface area contributed by atoms with Crippen molar-refractivity contribution < 1.29 is 24.2 Å². The van der Waals surface area contributed by atoms with E-state index in [1.807, 2.05) is 24.3 Å². The number of benzene rings is 2. The number of amides is 2. The molecule has 2 N–H and O–H groups in total. The van der Waals surface area contributed by atoms with Crippen LogP contribution in [0.4, 0.5) is 4.79 Å². The molecule has 2 amide bonds. The minimum Gasteiger partial charge on any atom is -0.480 e. The van der Waals surface area contributed by atoms with Crippen LogP contribution in [-0.4, -0.2) is 53.7 Å². The Morgan fingerprint density at radius 2 is 1.68 bits per heavy atom. The van der Waals surface area contributed by atoms with Gasteiger partial charge < -0.3 is 20.1 Å². The van der Waals surface area contributed by atoms with E-state index in [4.69, 9.17) is 4.74 Å². The number of ether oxygens (including phenoxy) is 1. The summed E-state index contributed by atoms with van der Waals surface area (Å²) in [7, 11) is 1.55. The number of carboxylic acids is 1. The van der Waals surface area contributed by atoms with E-state index in [0.29, 0.717) is 19.3 Å². The Labute approximate surface area is 200 Å². The smallest absolute Gasteiger partial charge is 0.407 e. The highest BCUT2D eigenvalue weighted by Crippen LogP contribution is 2.44. The number of alkyl carbamates (subject to hydrolysis) is 1. The minimum absolute atomic E-state index is 0.00511. The lowest BCUT2D eigenvalue weighted by Gasteiger charge is -2.33. The molecule has 7 nitrogen and oxygen atoms in total. The number of nitrogens with zero attached hydrogens (tertiary/aromatic N) is 1. The Morgan fingerprint density at radius 3 is 2.26 bits per heavy atom. The highest BCUT2D eigenvalue weighted by Gasteiger charge is 2.34. The third-order valence-electron chi connectivity index (χ3n) is 7.18. The molecule has 34 heavy (non-hydrogen) atoms. The standard InChI is InChI=1S/C27H32N2O5/c1-3-24(26(31)32)29(2)25(30)17-9-8-10-18(15-17)28-27(33)34-16-23-21-13-6-4-11-19(21)20-12-5-7-14-22(20)23/h4-7,11-14,17-18,23-24H,3,8-10,15-16H2,1-2H3,(H,28,33)(H,31,32)/t17-,18-,24?/m1/s1. The van der Waals surface area contributed by atoms with Crippen LogP contribution in [0.3, 0.4) is 0 Å². The fourth-order valence-electron chi connectivity index (χ4n) is 5.41. The quantitative estimate of drug-likeness (QED) is 0.633. The van der Waals surface area contributed by atoms with Crippen molar-refractivity contribution in [2.75, 3.05) is 13.7 Å². The van der Waals surface area contributed by atoms with Gasteiger partial charge in [-0.2, -0.15) is 0 Å². The van der Waals surface area contributed by atoms with E-state index in [1.54, 1.807) is 14.0 Å². The molecule has 180 valence electrons. The van der Waals surface area contributed by atoms with E-state index >= 15 is 0 Å². The van der Waals surface area contributed by atoms with Crippen LogP contribution in [0.25, 0.3) is 11.1 Å². The maximum atomic E-state index is 12.9. The summed E-state index contributed by atoms with van der Waals surface area (Å²) in [5, 5.41) is 12.3. The maximum Gasteiger partial charge on any atom is 0.407 e. The summed E-state index contributed by atoms with van der Waals surface area (Å²) in [5.41, 5.74) is 4.67. The van der Waals surface area contributed by atoms with Crippen molar-refractivity contribution in [3.8, 4) is 11.1 Å². The Balaban J connectivity index is 1.34. The van der Waals surface area contributed by atoms with Crippen LogP contribution in [0.15, 0.2) is 48.5 Å². The van der Waals surface area contributed by atoms with Crippen LogP contribution in [0.2, 0.25) is 0 Å². The second-order valence-corrected chi connectivity index (χ2v) is 9.24. The van der Waals surface area contributed by atoms with E-state index < -0.39 is 18.1 Å². The number of carbonyl (C=O) groups excluding carboxylic acids is 2. The molecule has 0 bridgehead atoms. The molecule has 0 heterocycles. The van der Waals surface area contributed by atoms with E-state index in [-0.39, 0.29) is 30.4 Å². The van der Waals surface area contributed by atoms with E-state index in [2.05, 4.69) is 29.6 Å². The molecule has 1 unspecified atom stereocenters. The third kappa shape index (κ3) is 4.79. The molecular weight excluding hydrogens is 432 g/mol. The van der Waals surface area contributed by atoms with Gasteiger partial charge >= 0.3 is 12.1 Å². The number of rotatable bonds is 7. The van der Waals surface area contributed by atoms with Gasteiger partial charge in [-0.25, -0.2) is 9.59 Å². The monoisotopic (exact) mass is 464 g/mol. The van der Waals surface area contributed by atoms with Gasteiger partial charge in [-0.05, 0) is 47.9 Å². The number of nitrogens with one attached hydrogen (secondary N) is 1. The molecule has 2 aromatic carbocycles. The first-order valence-corrected chi connectivity index (χ1v) is 12.0. The van der Waals surface area contributed by atoms with Crippen molar-refractivity contribution in [2.45, 2.75) is 57.0 Å². The first-order valence-electron chi connectivity index (χ1n) is 12.0. The molecular formula is C27H32N2O5. The molecule has 7 heteroatoms. The lowest BCUT2D eigenvalue weighted by atomic mass is 9.84. The van der Waals surface area contributed by atoms with E-state index in [9.17, 15) is 19.5 Å². The van der Waals surface area contributed by atoms with Crippen molar-refractivity contribution in [3.05, 3.63) is 59.7 Å². The van der Waals surface area contributed by atoms with Crippen LogP contribution in [0, 0.1) is 5.92 Å². The highest BCUT2D eigenvalue weighted by atomic mass is 16.5. The van der Waals surface area contributed by atoms with Crippen LogP contribution in [0.5, 0.6) is 0 Å². The summed E-state index contributed by atoms with van der Waals surface area (Å²) in [6, 6.07) is 15.4. The Hall–Kier alpha value is -3.35. The molecule has 3 atom stereocenters. The summed E-state index contributed by atoms with van der Waals surface area (Å²) < 4.78 is 5.65. The summed E-state index contributed by atoms with van der Waals surface area (Å²) in [6.45, 7) is 2.00. The minimum atomic E-state index is -0.998. The first-order chi connectivity index (χ1) is 16.4. The molecule has 2 aliphatic rings. The summed E-state index contributed by atoms with van der Waals surface area (Å²) >= 11 is 0. The number of hydrogen-bond acceptors (Lipinski definition) is 4. The second-order valence-electron chi connectivity index (χ2n) is 9.24. The second kappa shape index (κ2) is 10.3. The average Bonchev–Trinajstić information content (AvgIpc) is 3.16. The largest absolute Gasteiger partial charge is 0.480 e. The zero-order valence-corrected chi connectivity index (χ0v) is 19.7. The lowest BCUT2D eigenvalue weighted by molar-refractivity contribution is -0.151. The number of carbonyl (C=O) groups is 3. The Morgan fingerprint density at radius 1 is 1.06 bits per heavy atom. The third-order valence-corrected chi connectivity index (χ3v) is 7.18. The molecule has 0 aliphatic heterocycles. The van der Waals surface area contributed by atoms with Crippen LogP contribution in [0.1, 0.15) is 56.1 Å². The van der Waals surface area contributed by atoms with Gasteiger partial charge in [0.05, 0.1) is 0 Å². The van der Waals surface area contributed by atoms with Gasteiger partial charge in [-0.15, -0.1) is 0 Å². The van der Waals surface area contributed by atoms with Crippen molar-refractivity contribution in [2.24, 2.45) is 5.92 Å². The normalized spacial score (nSPS) is 20.1. The van der Waals surface area contributed by atoms with E-state index in [1.165, 1.54) is 16.0 Å². The number of carboxylic acid groups (broad SMARTS) is 1. The molecule has 0 radical (unpaired) electrons. The van der Waals surface area contributed by atoms with Crippen LogP contribution < -0.4 is 5.32 Å². The molecule has 1 saturated carbocycles. The molecule has 1 fully saturated rings. The molecule has 0 spiro atoms. The molecule has 4 rings (SSSR count). The predicted molar refractivity (Wildman–Crippen MR) is 128 cm³/mol. The molecule has 0 saturated heterocycles. The van der Waals surface area contributed by atoms with Crippen molar-refractivity contribution in [1.29, 1.82) is 0 Å². The van der Waals surface area contributed by atoms with Gasteiger partial charge in [-0.1, -0.05) is 61.9 Å². The Kier molecular flexibility index (Phi) is 7.20. The fourth-order valence-corrected chi connectivity index (χ4v) is 5.41.